The lowest BCUT2D eigenvalue weighted by atomic mass is 9.94. The van der Waals surface area contributed by atoms with Crippen LogP contribution in [0.5, 0.6) is 0 Å². The van der Waals surface area contributed by atoms with Gasteiger partial charge in [-0.15, -0.1) is 0 Å². The summed E-state index contributed by atoms with van der Waals surface area (Å²) in [6.45, 7) is 4.63. The summed E-state index contributed by atoms with van der Waals surface area (Å²) in [6, 6.07) is 3.49. The normalized spacial score (nSPS) is 22.6. The molecule has 0 radical (unpaired) electrons. The number of likely N-dealkylation sites (tertiary alicyclic amines) is 1. The van der Waals surface area contributed by atoms with Crippen molar-refractivity contribution in [1.29, 1.82) is 0 Å². The predicted molar refractivity (Wildman–Crippen MR) is 72.3 cm³/mol. The Morgan fingerprint density at radius 2 is 2.00 bits per heavy atom. The van der Waals surface area contributed by atoms with Gasteiger partial charge in [0.1, 0.15) is 5.82 Å². The monoisotopic (exact) mass is 279 g/mol. The summed E-state index contributed by atoms with van der Waals surface area (Å²) in [6.07, 6.45) is 1.97. The van der Waals surface area contributed by atoms with Crippen LogP contribution in [0.2, 0.25) is 0 Å². The molecule has 2 unspecified atom stereocenters. The zero-order valence-electron chi connectivity index (χ0n) is 11.6. The number of halogens is 1. The molecule has 1 aromatic rings. The number of piperidine rings is 1. The lowest BCUT2D eigenvalue weighted by Crippen LogP contribution is -2.45. The zero-order chi connectivity index (χ0) is 14.9. The van der Waals surface area contributed by atoms with Crippen LogP contribution >= 0.6 is 0 Å². The molecule has 1 aliphatic rings. The number of hydrogen-bond donors (Lipinski definition) is 1. The maximum absolute atomic E-state index is 13.9. The molecule has 1 heterocycles. The first kappa shape index (κ1) is 14.5. The first-order chi connectivity index (χ1) is 9.40. The topological polar surface area (TPSA) is 57.6 Å². The maximum atomic E-state index is 13.9. The summed E-state index contributed by atoms with van der Waals surface area (Å²) in [7, 11) is 0. The van der Waals surface area contributed by atoms with Crippen LogP contribution < -0.4 is 0 Å². The Bertz CT molecular complexity index is 544. The minimum absolute atomic E-state index is 0.0593. The Hall–Kier alpha value is -1.91. The summed E-state index contributed by atoms with van der Waals surface area (Å²) < 4.78 is 13.9. The molecule has 1 saturated heterocycles. The van der Waals surface area contributed by atoms with Crippen molar-refractivity contribution in [3.05, 3.63) is 35.1 Å². The average molecular weight is 279 g/mol. The number of carbonyl (C=O) groups is 2. The SMILES string of the molecule is CC1CCC(C)N(C(=O)c2ccc(C(=O)O)cc2F)C1. The van der Waals surface area contributed by atoms with E-state index in [-0.39, 0.29) is 23.1 Å². The van der Waals surface area contributed by atoms with E-state index in [1.807, 2.05) is 6.92 Å². The smallest absolute Gasteiger partial charge is 0.335 e. The second-order valence-electron chi connectivity index (χ2n) is 5.49. The van der Waals surface area contributed by atoms with Crippen molar-refractivity contribution in [3.63, 3.8) is 0 Å². The van der Waals surface area contributed by atoms with Crippen LogP contribution in [-0.2, 0) is 0 Å². The van der Waals surface area contributed by atoms with Crippen molar-refractivity contribution >= 4 is 11.9 Å². The predicted octanol–water partition coefficient (Wildman–Crippen LogP) is 2.78. The van der Waals surface area contributed by atoms with Crippen LogP contribution in [0.1, 0.15) is 47.4 Å². The molecule has 0 spiro atoms. The van der Waals surface area contributed by atoms with Gasteiger partial charge >= 0.3 is 5.97 Å². The Morgan fingerprint density at radius 3 is 2.60 bits per heavy atom. The quantitative estimate of drug-likeness (QED) is 0.905. The van der Waals surface area contributed by atoms with Gasteiger partial charge in [0.25, 0.3) is 5.91 Å². The molecular formula is C15H18FNO3. The largest absolute Gasteiger partial charge is 0.478 e. The zero-order valence-corrected chi connectivity index (χ0v) is 11.6. The van der Waals surface area contributed by atoms with Gasteiger partial charge in [-0.25, -0.2) is 9.18 Å². The summed E-state index contributed by atoms with van der Waals surface area (Å²) in [5, 5.41) is 8.80. The fraction of sp³-hybridized carbons (Fsp3) is 0.467. The summed E-state index contributed by atoms with van der Waals surface area (Å²) in [5.74, 6) is -1.95. The van der Waals surface area contributed by atoms with Crippen molar-refractivity contribution in [2.75, 3.05) is 6.54 Å². The van der Waals surface area contributed by atoms with E-state index >= 15 is 0 Å². The van der Waals surface area contributed by atoms with E-state index in [0.717, 1.165) is 18.9 Å². The fourth-order valence-corrected chi connectivity index (χ4v) is 2.55. The van der Waals surface area contributed by atoms with Crippen LogP contribution in [0.4, 0.5) is 4.39 Å². The van der Waals surface area contributed by atoms with Crippen molar-refractivity contribution in [2.45, 2.75) is 32.7 Å². The number of carboxylic acid groups (broad SMARTS) is 1. The molecular weight excluding hydrogens is 261 g/mol. The molecule has 1 N–H and O–H groups in total. The van der Waals surface area contributed by atoms with Crippen LogP contribution in [-0.4, -0.2) is 34.5 Å². The molecule has 4 nitrogen and oxygen atoms in total. The molecule has 1 aliphatic heterocycles. The van der Waals surface area contributed by atoms with Crippen molar-refractivity contribution in [2.24, 2.45) is 5.92 Å². The van der Waals surface area contributed by atoms with Crippen LogP contribution in [0.25, 0.3) is 0 Å². The van der Waals surface area contributed by atoms with Gasteiger partial charge in [-0.05, 0) is 43.9 Å². The highest BCUT2D eigenvalue weighted by Gasteiger charge is 2.29. The van der Waals surface area contributed by atoms with Gasteiger partial charge in [-0.2, -0.15) is 0 Å². The molecule has 1 fully saturated rings. The third-order valence-corrected chi connectivity index (χ3v) is 3.82. The first-order valence-corrected chi connectivity index (χ1v) is 6.74. The molecule has 0 aliphatic carbocycles. The number of carbonyl (C=O) groups excluding carboxylic acids is 1. The number of carboxylic acids is 1. The Morgan fingerprint density at radius 1 is 1.30 bits per heavy atom. The van der Waals surface area contributed by atoms with Gasteiger partial charge in [0.05, 0.1) is 11.1 Å². The molecule has 108 valence electrons. The van der Waals surface area contributed by atoms with E-state index in [0.29, 0.717) is 12.5 Å². The highest BCUT2D eigenvalue weighted by Crippen LogP contribution is 2.24. The Labute approximate surface area is 117 Å². The van der Waals surface area contributed by atoms with E-state index in [2.05, 4.69) is 6.92 Å². The molecule has 2 atom stereocenters. The molecule has 0 saturated carbocycles. The number of rotatable bonds is 2. The van der Waals surface area contributed by atoms with Gasteiger partial charge in [-0.3, -0.25) is 4.79 Å². The summed E-state index contributed by atoms with van der Waals surface area (Å²) in [5.41, 5.74) is -0.213. The highest BCUT2D eigenvalue weighted by molar-refractivity contribution is 5.96. The van der Waals surface area contributed by atoms with E-state index in [9.17, 15) is 14.0 Å². The lowest BCUT2D eigenvalue weighted by molar-refractivity contribution is 0.0567. The van der Waals surface area contributed by atoms with Gasteiger partial charge in [-0.1, -0.05) is 6.92 Å². The van der Waals surface area contributed by atoms with Crippen LogP contribution in [0.15, 0.2) is 18.2 Å². The average Bonchev–Trinajstić information content (AvgIpc) is 2.40. The Kier molecular flexibility index (Phi) is 4.06. The van der Waals surface area contributed by atoms with Gasteiger partial charge in [0, 0.05) is 12.6 Å². The second-order valence-corrected chi connectivity index (χ2v) is 5.49. The molecule has 0 aromatic heterocycles. The number of nitrogens with zero attached hydrogens (tertiary/aromatic N) is 1. The fourth-order valence-electron chi connectivity index (χ4n) is 2.55. The van der Waals surface area contributed by atoms with Gasteiger partial charge in [0.2, 0.25) is 0 Å². The minimum Gasteiger partial charge on any atom is -0.478 e. The van der Waals surface area contributed by atoms with E-state index in [1.165, 1.54) is 12.1 Å². The molecule has 1 amide bonds. The number of amides is 1. The van der Waals surface area contributed by atoms with E-state index < -0.39 is 11.8 Å². The van der Waals surface area contributed by atoms with Crippen molar-refractivity contribution < 1.29 is 19.1 Å². The third-order valence-electron chi connectivity index (χ3n) is 3.82. The Balaban J connectivity index is 2.26. The number of benzene rings is 1. The molecule has 0 bridgehead atoms. The van der Waals surface area contributed by atoms with Crippen LogP contribution in [0.3, 0.4) is 0 Å². The second kappa shape index (κ2) is 5.61. The lowest BCUT2D eigenvalue weighted by Gasteiger charge is -2.36. The van der Waals surface area contributed by atoms with E-state index in [1.54, 1.807) is 4.90 Å². The number of aromatic carboxylic acids is 1. The van der Waals surface area contributed by atoms with E-state index in [4.69, 9.17) is 5.11 Å². The van der Waals surface area contributed by atoms with Gasteiger partial charge < -0.3 is 10.0 Å². The number of hydrogen-bond acceptors (Lipinski definition) is 2. The highest BCUT2D eigenvalue weighted by atomic mass is 19.1. The molecule has 2 rings (SSSR count). The van der Waals surface area contributed by atoms with Crippen molar-refractivity contribution in [3.8, 4) is 0 Å². The van der Waals surface area contributed by atoms with Crippen molar-refractivity contribution in [1.82, 2.24) is 4.90 Å². The summed E-state index contributed by atoms with van der Waals surface area (Å²) >= 11 is 0. The standard InChI is InChI=1S/C15H18FNO3/c1-9-3-4-10(2)17(8-9)14(18)12-6-5-11(15(19)20)7-13(12)16/h5-7,9-10H,3-4,8H2,1-2H3,(H,19,20). The molecule has 5 heteroatoms. The third kappa shape index (κ3) is 2.81. The molecule has 20 heavy (non-hydrogen) atoms. The van der Waals surface area contributed by atoms with Gasteiger partial charge in [0.15, 0.2) is 0 Å². The minimum atomic E-state index is -1.21. The summed E-state index contributed by atoms with van der Waals surface area (Å²) in [4.78, 5) is 24.8. The van der Waals surface area contributed by atoms with Crippen LogP contribution in [0, 0.1) is 11.7 Å². The first-order valence-electron chi connectivity index (χ1n) is 6.74. The molecule has 1 aromatic carbocycles. The maximum Gasteiger partial charge on any atom is 0.335 e.